The summed E-state index contributed by atoms with van der Waals surface area (Å²) in [7, 11) is 0. The largest absolute Gasteiger partial charge is 0.481 e. The van der Waals surface area contributed by atoms with Crippen LogP contribution in [-0.4, -0.2) is 33.2 Å². The molecule has 3 N–H and O–H groups in total. The standard InChI is InChI=1S/C13H22O6/c1-3-4-9(6-12(16)17)10(7-13(18)19)8(2)5-11(14)15/h8-10H,3-7H2,1-2H3,(H,14,15)(H,16,17)(H,18,19). The highest BCUT2D eigenvalue weighted by Gasteiger charge is 2.31. The first-order valence-electron chi connectivity index (χ1n) is 6.43. The molecular weight excluding hydrogens is 252 g/mol. The molecule has 0 amide bonds. The molecule has 0 bridgehead atoms. The van der Waals surface area contributed by atoms with E-state index < -0.39 is 23.8 Å². The van der Waals surface area contributed by atoms with Gasteiger partial charge in [0.15, 0.2) is 0 Å². The maximum absolute atomic E-state index is 10.9. The van der Waals surface area contributed by atoms with Gasteiger partial charge in [0.25, 0.3) is 0 Å². The average molecular weight is 274 g/mol. The molecule has 0 saturated carbocycles. The highest BCUT2D eigenvalue weighted by atomic mass is 16.4. The van der Waals surface area contributed by atoms with Crippen LogP contribution in [0.4, 0.5) is 0 Å². The number of rotatable bonds is 10. The summed E-state index contributed by atoms with van der Waals surface area (Å²) in [5.41, 5.74) is 0. The molecule has 0 spiro atoms. The summed E-state index contributed by atoms with van der Waals surface area (Å²) < 4.78 is 0. The molecule has 0 fully saturated rings. The number of carbonyl (C=O) groups is 3. The van der Waals surface area contributed by atoms with Crippen molar-refractivity contribution in [2.75, 3.05) is 0 Å². The van der Waals surface area contributed by atoms with E-state index in [2.05, 4.69) is 0 Å². The van der Waals surface area contributed by atoms with E-state index in [0.29, 0.717) is 6.42 Å². The predicted octanol–water partition coefficient (Wildman–Crippen LogP) is 2.08. The van der Waals surface area contributed by atoms with E-state index in [0.717, 1.165) is 6.42 Å². The van der Waals surface area contributed by atoms with Crippen molar-refractivity contribution in [3.05, 3.63) is 0 Å². The van der Waals surface area contributed by atoms with E-state index in [1.54, 1.807) is 6.92 Å². The van der Waals surface area contributed by atoms with Gasteiger partial charge < -0.3 is 15.3 Å². The van der Waals surface area contributed by atoms with Crippen LogP contribution in [0.15, 0.2) is 0 Å². The van der Waals surface area contributed by atoms with Crippen LogP contribution < -0.4 is 0 Å². The molecule has 0 aromatic heterocycles. The van der Waals surface area contributed by atoms with E-state index >= 15 is 0 Å². The van der Waals surface area contributed by atoms with Crippen LogP contribution in [0, 0.1) is 17.8 Å². The molecule has 0 aliphatic rings. The Kier molecular flexibility index (Phi) is 7.79. The molecule has 0 heterocycles. The summed E-state index contributed by atoms with van der Waals surface area (Å²) in [4.78, 5) is 32.5. The minimum Gasteiger partial charge on any atom is -0.481 e. The van der Waals surface area contributed by atoms with Gasteiger partial charge in [-0.15, -0.1) is 0 Å². The monoisotopic (exact) mass is 274 g/mol. The number of carboxylic acid groups (broad SMARTS) is 3. The van der Waals surface area contributed by atoms with E-state index in [-0.39, 0.29) is 31.1 Å². The van der Waals surface area contributed by atoms with Crippen LogP contribution in [0.1, 0.15) is 46.0 Å². The minimum absolute atomic E-state index is 0.115. The number of hydrogen-bond acceptors (Lipinski definition) is 3. The van der Waals surface area contributed by atoms with Crippen molar-refractivity contribution in [3.63, 3.8) is 0 Å². The van der Waals surface area contributed by atoms with Crippen LogP contribution in [0.2, 0.25) is 0 Å². The lowest BCUT2D eigenvalue weighted by Crippen LogP contribution is -2.28. The topological polar surface area (TPSA) is 112 Å². The molecule has 3 atom stereocenters. The highest BCUT2D eigenvalue weighted by molar-refractivity contribution is 5.69. The molecule has 110 valence electrons. The lowest BCUT2D eigenvalue weighted by atomic mass is 9.75. The quantitative estimate of drug-likeness (QED) is 0.562. The van der Waals surface area contributed by atoms with Gasteiger partial charge in [0, 0.05) is 19.3 Å². The SMILES string of the molecule is CCCC(CC(=O)O)C(CC(=O)O)C(C)CC(=O)O. The first-order valence-corrected chi connectivity index (χ1v) is 6.43. The number of hydrogen-bond donors (Lipinski definition) is 3. The normalized spacial score (nSPS) is 15.5. The van der Waals surface area contributed by atoms with E-state index in [4.69, 9.17) is 15.3 Å². The number of aliphatic carboxylic acids is 3. The summed E-state index contributed by atoms with van der Waals surface area (Å²) in [5.74, 6) is -4.07. The summed E-state index contributed by atoms with van der Waals surface area (Å²) in [6, 6.07) is 0. The fourth-order valence-corrected chi connectivity index (χ4v) is 2.52. The molecule has 0 saturated heterocycles. The van der Waals surface area contributed by atoms with E-state index in [9.17, 15) is 14.4 Å². The van der Waals surface area contributed by atoms with Crippen LogP contribution in [0.5, 0.6) is 0 Å². The molecule has 6 nitrogen and oxygen atoms in total. The van der Waals surface area contributed by atoms with Crippen molar-refractivity contribution in [3.8, 4) is 0 Å². The predicted molar refractivity (Wildman–Crippen MR) is 67.8 cm³/mol. The van der Waals surface area contributed by atoms with Gasteiger partial charge in [0.05, 0.1) is 0 Å². The Hall–Kier alpha value is -1.59. The molecule has 0 aromatic rings. The van der Waals surface area contributed by atoms with Gasteiger partial charge in [0.2, 0.25) is 0 Å². The second kappa shape index (κ2) is 8.50. The fourth-order valence-electron chi connectivity index (χ4n) is 2.52. The summed E-state index contributed by atoms with van der Waals surface area (Å²) in [6.45, 7) is 3.57. The van der Waals surface area contributed by atoms with Gasteiger partial charge in [-0.1, -0.05) is 20.3 Å². The maximum atomic E-state index is 10.9. The number of carboxylic acids is 3. The average Bonchev–Trinajstić information content (AvgIpc) is 2.23. The first kappa shape index (κ1) is 17.4. The van der Waals surface area contributed by atoms with Crippen molar-refractivity contribution >= 4 is 17.9 Å². The highest BCUT2D eigenvalue weighted by Crippen LogP contribution is 2.32. The fraction of sp³-hybridized carbons (Fsp3) is 0.769. The molecule has 0 radical (unpaired) electrons. The summed E-state index contributed by atoms with van der Waals surface area (Å²) >= 11 is 0. The lowest BCUT2D eigenvalue weighted by molar-refractivity contribution is -0.144. The maximum Gasteiger partial charge on any atom is 0.303 e. The van der Waals surface area contributed by atoms with Crippen molar-refractivity contribution in [2.24, 2.45) is 17.8 Å². The van der Waals surface area contributed by atoms with Gasteiger partial charge in [-0.25, -0.2) is 0 Å². The zero-order valence-corrected chi connectivity index (χ0v) is 11.3. The molecule has 0 aliphatic heterocycles. The Morgan fingerprint density at radius 3 is 1.74 bits per heavy atom. The lowest BCUT2D eigenvalue weighted by Gasteiger charge is -2.29. The van der Waals surface area contributed by atoms with Crippen LogP contribution in [0.3, 0.4) is 0 Å². The first-order chi connectivity index (χ1) is 8.77. The molecular formula is C13H22O6. The van der Waals surface area contributed by atoms with Gasteiger partial charge in [-0.2, -0.15) is 0 Å². The van der Waals surface area contributed by atoms with Gasteiger partial charge in [-0.05, 0) is 24.2 Å². The van der Waals surface area contributed by atoms with Gasteiger partial charge in [-0.3, -0.25) is 14.4 Å². The van der Waals surface area contributed by atoms with Crippen molar-refractivity contribution < 1.29 is 29.7 Å². The van der Waals surface area contributed by atoms with Crippen molar-refractivity contribution in [1.29, 1.82) is 0 Å². The zero-order chi connectivity index (χ0) is 15.0. The summed E-state index contributed by atoms with van der Waals surface area (Å²) in [6.07, 6.45) is 0.891. The van der Waals surface area contributed by atoms with Crippen LogP contribution in [-0.2, 0) is 14.4 Å². The molecule has 3 unspecified atom stereocenters. The van der Waals surface area contributed by atoms with Gasteiger partial charge >= 0.3 is 17.9 Å². The Bertz CT molecular complexity index is 325. The summed E-state index contributed by atoms with van der Waals surface area (Å²) in [5, 5.41) is 26.6. The minimum atomic E-state index is -1.02. The smallest absolute Gasteiger partial charge is 0.303 e. The van der Waals surface area contributed by atoms with Crippen LogP contribution >= 0.6 is 0 Å². The molecule has 0 aliphatic carbocycles. The van der Waals surface area contributed by atoms with Crippen molar-refractivity contribution in [2.45, 2.75) is 46.0 Å². The van der Waals surface area contributed by atoms with Crippen molar-refractivity contribution in [1.82, 2.24) is 0 Å². The second-order valence-electron chi connectivity index (χ2n) is 4.98. The molecule has 6 heteroatoms. The molecule has 19 heavy (non-hydrogen) atoms. The van der Waals surface area contributed by atoms with Crippen LogP contribution in [0.25, 0.3) is 0 Å². The Labute approximate surface area is 112 Å². The molecule has 0 aromatic carbocycles. The third-order valence-electron chi connectivity index (χ3n) is 3.34. The Morgan fingerprint density at radius 2 is 1.37 bits per heavy atom. The second-order valence-corrected chi connectivity index (χ2v) is 4.98. The Morgan fingerprint density at radius 1 is 0.895 bits per heavy atom. The molecule has 0 rings (SSSR count). The van der Waals surface area contributed by atoms with E-state index in [1.165, 1.54) is 0 Å². The third-order valence-corrected chi connectivity index (χ3v) is 3.34. The Balaban J connectivity index is 4.97. The van der Waals surface area contributed by atoms with E-state index in [1.807, 2.05) is 6.92 Å². The zero-order valence-electron chi connectivity index (χ0n) is 11.3. The van der Waals surface area contributed by atoms with Gasteiger partial charge in [0.1, 0.15) is 0 Å². The third kappa shape index (κ3) is 7.43.